The number of rotatable bonds is 2. The third-order valence-corrected chi connectivity index (χ3v) is 3.44. The number of β-amino-alcohol motifs (C(OH)–C–C–N with tert-alkyl or cyclic N) is 1. The molecule has 2 atom stereocenters. The molecule has 1 heterocycles. The van der Waals surface area contributed by atoms with Gasteiger partial charge in [-0.1, -0.05) is 30.3 Å². The smallest absolute Gasteiger partial charge is 0.241 e. The van der Waals surface area contributed by atoms with E-state index in [0.717, 1.165) is 16.5 Å². The average Bonchev–Trinajstić information content (AvgIpc) is 2.85. The number of aliphatic hydroxyl groups is 1. The van der Waals surface area contributed by atoms with Gasteiger partial charge in [0.15, 0.2) is 0 Å². The summed E-state index contributed by atoms with van der Waals surface area (Å²) in [7, 11) is 0. The molecule has 0 saturated carbocycles. The average molecular weight is 256 g/mol. The Morgan fingerprint density at radius 1 is 1.21 bits per heavy atom. The summed E-state index contributed by atoms with van der Waals surface area (Å²) in [5.74, 6) is -0.0909. The minimum absolute atomic E-state index is 0.0909. The summed E-state index contributed by atoms with van der Waals surface area (Å²) in [6, 6.07) is 13.6. The molecule has 4 heteroatoms. The topological polar surface area (TPSA) is 61.4 Å². The molecular weight excluding hydrogens is 240 g/mol. The number of hydrogen-bond donors (Lipinski definition) is 3. The van der Waals surface area contributed by atoms with E-state index in [9.17, 15) is 9.90 Å². The molecule has 1 saturated heterocycles. The molecule has 1 amide bonds. The van der Waals surface area contributed by atoms with Gasteiger partial charge in [0.05, 0.1) is 12.1 Å². The Morgan fingerprint density at radius 3 is 2.74 bits per heavy atom. The number of carbonyl (C=O) groups is 1. The largest absolute Gasteiger partial charge is 0.392 e. The molecule has 1 aliphatic heterocycles. The van der Waals surface area contributed by atoms with Crippen LogP contribution in [0.4, 0.5) is 5.69 Å². The SMILES string of the molecule is O=C(Nc1ccc2ccccc2c1)[C@@H]1CC(O)CN1. The molecule has 0 aliphatic carbocycles. The minimum atomic E-state index is -0.424. The van der Waals surface area contributed by atoms with E-state index >= 15 is 0 Å². The Bertz CT molecular complexity index is 612. The quantitative estimate of drug-likeness (QED) is 0.763. The van der Waals surface area contributed by atoms with Crippen LogP contribution in [0.2, 0.25) is 0 Å². The van der Waals surface area contributed by atoms with Crippen LogP contribution in [0.5, 0.6) is 0 Å². The molecule has 98 valence electrons. The predicted octanol–water partition coefficient (Wildman–Crippen LogP) is 1.50. The lowest BCUT2D eigenvalue weighted by Gasteiger charge is -2.11. The van der Waals surface area contributed by atoms with E-state index in [1.807, 2.05) is 42.5 Å². The van der Waals surface area contributed by atoms with E-state index in [0.29, 0.717) is 13.0 Å². The molecule has 1 unspecified atom stereocenters. The molecule has 3 N–H and O–H groups in total. The van der Waals surface area contributed by atoms with E-state index in [4.69, 9.17) is 0 Å². The number of anilines is 1. The van der Waals surface area contributed by atoms with Crippen LogP contribution in [-0.2, 0) is 4.79 Å². The monoisotopic (exact) mass is 256 g/mol. The van der Waals surface area contributed by atoms with E-state index in [1.54, 1.807) is 0 Å². The van der Waals surface area contributed by atoms with Gasteiger partial charge in [0.2, 0.25) is 5.91 Å². The lowest BCUT2D eigenvalue weighted by Crippen LogP contribution is -2.35. The van der Waals surface area contributed by atoms with Crippen molar-refractivity contribution in [3.63, 3.8) is 0 Å². The lowest BCUT2D eigenvalue weighted by atomic mass is 10.1. The second kappa shape index (κ2) is 4.99. The number of fused-ring (bicyclic) bond motifs is 1. The van der Waals surface area contributed by atoms with Gasteiger partial charge in [-0.15, -0.1) is 0 Å². The van der Waals surface area contributed by atoms with Crippen molar-refractivity contribution in [2.45, 2.75) is 18.6 Å². The summed E-state index contributed by atoms with van der Waals surface area (Å²) in [5, 5.41) is 17.5. The third kappa shape index (κ3) is 2.59. The molecular formula is C15H16N2O2. The maximum Gasteiger partial charge on any atom is 0.241 e. The predicted molar refractivity (Wildman–Crippen MR) is 75.0 cm³/mol. The molecule has 0 bridgehead atoms. The lowest BCUT2D eigenvalue weighted by molar-refractivity contribution is -0.117. The fourth-order valence-corrected chi connectivity index (χ4v) is 2.41. The summed E-state index contributed by atoms with van der Waals surface area (Å²) in [5.41, 5.74) is 0.784. The van der Waals surface area contributed by atoms with Crippen molar-refractivity contribution in [1.82, 2.24) is 5.32 Å². The zero-order valence-corrected chi connectivity index (χ0v) is 10.5. The van der Waals surface area contributed by atoms with Crippen LogP contribution in [-0.4, -0.2) is 29.7 Å². The van der Waals surface area contributed by atoms with Gasteiger partial charge in [-0.05, 0) is 29.3 Å². The Kier molecular flexibility index (Phi) is 3.19. The first-order valence-electron chi connectivity index (χ1n) is 6.43. The van der Waals surface area contributed by atoms with Crippen LogP contribution in [0.25, 0.3) is 10.8 Å². The maximum absolute atomic E-state index is 12.0. The maximum atomic E-state index is 12.0. The highest BCUT2D eigenvalue weighted by atomic mass is 16.3. The van der Waals surface area contributed by atoms with Crippen molar-refractivity contribution in [3.8, 4) is 0 Å². The highest BCUT2D eigenvalue weighted by Crippen LogP contribution is 2.19. The highest BCUT2D eigenvalue weighted by molar-refractivity contribution is 5.97. The van der Waals surface area contributed by atoms with Gasteiger partial charge in [0.1, 0.15) is 0 Å². The Labute approximate surface area is 111 Å². The first-order valence-corrected chi connectivity index (χ1v) is 6.43. The summed E-state index contributed by atoms with van der Waals surface area (Å²) < 4.78 is 0. The standard InChI is InChI=1S/C15H16N2O2/c18-13-8-14(16-9-13)15(19)17-12-6-5-10-3-1-2-4-11(10)7-12/h1-7,13-14,16,18H,8-9H2,(H,17,19)/t13?,14-/m0/s1. The van der Waals surface area contributed by atoms with Gasteiger partial charge >= 0.3 is 0 Å². The van der Waals surface area contributed by atoms with Gasteiger partial charge in [-0.2, -0.15) is 0 Å². The van der Waals surface area contributed by atoms with E-state index in [2.05, 4.69) is 10.6 Å². The number of carbonyl (C=O) groups excluding carboxylic acids is 1. The molecule has 2 aromatic rings. The Morgan fingerprint density at radius 2 is 2.00 bits per heavy atom. The molecule has 1 aliphatic rings. The highest BCUT2D eigenvalue weighted by Gasteiger charge is 2.27. The molecule has 19 heavy (non-hydrogen) atoms. The van der Waals surface area contributed by atoms with Gasteiger partial charge in [-0.3, -0.25) is 4.79 Å². The third-order valence-electron chi connectivity index (χ3n) is 3.44. The van der Waals surface area contributed by atoms with Crippen LogP contribution in [0.3, 0.4) is 0 Å². The fourth-order valence-electron chi connectivity index (χ4n) is 2.41. The van der Waals surface area contributed by atoms with Gasteiger partial charge < -0.3 is 15.7 Å². The molecule has 0 aromatic heterocycles. The summed E-state index contributed by atoms with van der Waals surface area (Å²) in [6.07, 6.45) is 0.0479. The number of benzene rings is 2. The second-order valence-corrected chi connectivity index (χ2v) is 4.90. The number of aliphatic hydroxyl groups excluding tert-OH is 1. The summed E-state index contributed by atoms with van der Waals surface area (Å²) in [4.78, 5) is 12.0. The molecule has 3 rings (SSSR count). The van der Waals surface area contributed by atoms with Crippen LogP contribution in [0.15, 0.2) is 42.5 Å². The van der Waals surface area contributed by atoms with Crippen molar-refractivity contribution in [2.75, 3.05) is 11.9 Å². The van der Waals surface area contributed by atoms with Gasteiger partial charge in [0.25, 0.3) is 0 Å². The van der Waals surface area contributed by atoms with Crippen LogP contribution >= 0.6 is 0 Å². The van der Waals surface area contributed by atoms with E-state index < -0.39 is 6.10 Å². The zero-order chi connectivity index (χ0) is 13.2. The fraction of sp³-hybridized carbons (Fsp3) is 0.267. The van der Waals surface area contributed by atoms with Crippen LogP contribution < -0.4 is 10.6 Å². The van der Waals surface area contributed by atoms with Crippen molar-refractivity contribution in [1.29, 1.82) is 0 Å². The molecule has 4 nitrogen and oxygen atoms in total. The molecule has 2 aromatic carbocycles. The van der Waals surface area contributed by atoms with Crippen molar-refractivity contribution >= 4 is 22.4 Å². The van der Waals surface area contributed by atoms with E-state index in [1.165, 1.54) is 0 Å². The minimum Gasteiger partial charge on any atom is -0.392 e. The van der Waals surface area contributed by atoms with Crippen molar-refractivity contribution in [2.24, 2.45) is 0 Å². The first kappa shape index (κ1) is 12.1. The second-order valence-electron chi connectivity index (χ2n) is 4.90. The Hall–Kier alpha value is -1.91. The van der Waals surface area contributed by atoms with Crippen LogP contribution in [0, 0.1) is 0 Å². The molecule has 0 radical (unpaired) electrons. The van der Waals surface area contributed by atoms with Crippen LogP contribution in [0.1, 0.15) is 6.42 Å². The first-order chi connectivity index (χ1) is 9.22. The summed E-state index contributed by atoms with van der Waals surface area (Å²) >= 11 is 0. The molecule has 1 fully saturated rings. The van der Waals surface area contributed by atoms with Crippen molar-refractivity contribution in [3.05, 3.63) is 42.5 Å². The molecule has 0 spiro atoms. The normalized spacial score (nSPS) is 22.6. The zero-order valence-electron chi connectivity index (χ0n) is 10.5. The number of amides is 1. The number of hydrogen-bond acceptors (Lipinski definition) is 3. The van der Waals surface area contributed by atoms with E-state index in [-0.39, 0.29) is 11.9 Å². The van der Waals surface area contributed by atoms with Gasteiger partial charge in [-0.25, -0.2) is 0 Å². The summed E-state index contributed by atoms with van der Waals surface area (Å²) in [6.45, 7) is 0.482. The van der Waals surface area contributed by atoms with Gasteiger partial charge in [0, 0.05) is 12.2 Å². The Balaban J connectivity index is 1.76. The number of nitrogens with one attached hydrogen (secondary N) is 2. The van der Waals surface area contributed by atoms with Crippen molar-refractivity contribution < 1.29 is 9.90 Å².